The number of ether oxygens (including phenoxy) is 2. The summed E-state index contributed by atoms with van der Waals surface area (Å²) in [4.78, 5) is 11.0. The zero-order valence-corrected chi connectivity index (χ0v) is 10.7. The molecule has 1 aromatic rings. The van der Waals surface area contributed by atoms with Crippen LogP contribution in [0.2, 0.25) is 5.02 Å². The molecule has 0 fully saturated rings. The van der Waals surface area contributed by atoms with Gasteiger partial charge in [-0.05, 0) is 43.7 Å². The van der Waals surface area contributed by atoms with Crippen molar-refractivity contribution in [2.45, 2.75) is 13.8 Å². The van der Waals surface area contributed by atoms with Crippen molar-refractivity contribution in [2.24, 2.45) is 0 Å². The number of carbonyl (C=O) groups excluding carboxylic acids is 1. The third-order valence-electron chi connectivity index (χ3n) is 2.01. The Labute approximate surface area is 106 Å². The minimum Gasteiger partial charge on any atom is -0.489 e. The van der Waals surface area contributed by atoms with Crippen molar-refractivity contribution in [3.05, 3.63) is 40.9 Å². The van der Waals surface area contributed by atoms with Gasteiger partial charge in [0.1, 0.15) is 12.4 Å². The Morgan fingerprint density at radius 3 is 2.88 bits per heavy atom. The molecule has 0 bridgehead atoms. The standard InChI is InChI=1S/C13H15ClO3/c1-3-16-13(15)5-4-8-17-12-7-6-11(14)9-10(12)2/h4-7,9H,3,8H2,1-2H3/b5-4+. The van der Waals surface area contributed by atoms with Gasteiger partial charge in [-0.15, -0.1) is 0 Å². The smallest absolute Gasteiger partial charge is 0.330 e. The third kappa shape index (κ3) is 4.91. The summed E-state index contributed by atoms with van der Waals surface area (Å²) in [6.45, 7) is 4.37. The molecule has 0 saturated carbocycles. The fraction of sp³-hybridized carbons (Fsp3) is 0.308. The molecule has 0 unspecified atom stereocenters. The van der Waals surface area contributed by atoms with Crippen molar-refractivity contribution >= 4 is 17.6 Å². The van der Waals surface area contributed by atoms with Gasteiger partial charge in [-0.3, -0.25) is 0 Å². The minimum absolute atomic E-state index is 0.321. The predicted octanol–water partition coefficient (Wildman–Crippen LogP) is 3.15. The molecule has 1 aromatic carbocycles. The number of rotatable bonds is 5. The molecule has 0 aromatic heterocycles. The SMILES string of the molecule is CCOC(=O)/C=C/COc1ccc(Cl)cc1C. The molecule has 0 aliphatic heterocycles. The lowest BCUT2D eigenvalue weighted by Crippen LogP contribution is -2.01. The fourth-order valence-electron chi connectivity index (χ4n) is 1.25. The highest BCUT2D eigenvalue weighted by Crippen LogP contribution is 2.21. The summed E-state index contributed by atoms with van der Waals surface area (Å²) in [7, 11) is 0. The first-order valence-electron chi connectivity index (χ1n) is 5.35. The molecule has 0 radical (unpaired) electrons. The second-order valence-electron chi connectivity index (χ2n) is 3.38. The molecule has 0 spiro atoms. The monoisotopic (exact) mass is 254 g/mol. The Balaban J connectivity index is 2.43. The highest BCUT2D eigenvalue weighted by Gasteiger charge is 1.99. The van der Waals surface area contributed by atoms with Crippen LogP contribution in [0.1, 0.15) is 12.5 Å². The summed E-state index contributed by atoms with van der Waals surface area (Å²) in [5.41, 5.74) is 0.960. The van der Waals surface area contributed by atoms with Crippen LogP contribution in [-0.2, 0) is 9.53 Å². The Hall–Kier alpha value is -1.48. The average molecular weight is 255 g/mol. The van der Waals surface area contributed by atoms with Crippen LogP contribution in [0.15, 0.2) is 30.4 Å². The lowest BCUT2D eigenvalue weighted by molar-refractivity contribution is -0.137. The Morgan fingerprint density at radius 1 is 1.47 bits per heavy atom. The fourth-order valence-corrected chi connectivity index (χ4v) is 1.47. The average Bonchev–Trinajstić information content (AvgIpc) is 2.27. The van der Waals surface area contributed by atoms with Crippen LogP contribution in [0.25, 0.3) is 0 Å². The van der Waals surface area contributed by atoms with E-state index in [9.17, 15) is 4.79 Å². The quantitative estimate of drug-likeness (QED) is 0.598. The van der Waals surface area contributed by atoms with Crippen LogP contribution < -0.4 is 4.74 Å². The lowest BCUT2D eigenvalue weighted by Gasteiger charge is -2.06. The van der Waals surface area contributed by atoms with Gasteiger partial charge >= 0.3 is 5.97 Å². The summed E-state index contributed by atoms with van der Waals surface area (Å²) < 4.78 is 10.2. The van der Waals surface area contributed by atoms with Crippen molar-refractivity contribution in [1.82, 2.24) is 0 Å². The van der Waals surface area contributed by atoms with Crippen LogP contribution in [0.5, 0.6) is 5.75 Å². The van der Waals surface area contributed by atoms with Crippen LogP contribution in [-0.4, -0.2) is 19.2 Å². The zero-order valence-electron chi connectivity index (χ0n) is 9.90. The van der Waals surface area contributed by atoms with Crippen LogP contribution >= 0.6 is 11.6 Å². The van der Waals surface area contributed by atoms with Crippen LogP contribution in [0.3, 0.4) is 0 Å². The molecule has 3 nitrogen and oxygen atoms in total. The first-order valence-corrected chi connectivity index (χ1v) is 5.73. The van der Waals surface area contributed by atoms with E-state index in [1.54, 1.807) is 25.1 Å². The normalized spacial score (nSPS) is 10.5. The first-order chi connectivity index (χ1) is 8.13. The molecule has 0 N–H and O–H groups in total. The minimum atomic E-state index is -0.357. The van der Waals surface area contributed by atoms with Crippen molar-refractivity contribution in [1.29, 1.82) is 0 Å². The molecule has 0 aliphatic carbocycles. The number of esters is 1. The highest BCUT2D eigenvalue weighted by atomic mass is 35.5. The van der Waals surface area contributed by atoms with E-state index in [1.165, 1.54) is 6.08 Å². The van der Waals surface area contributed by atoms with E-state index in [1.807, 2.05) is 13.0 Å². The maximum atomic E-state index is 11.0. The van der Waals surface area contributed by atoms with Gasteiger partial charge in [0.2, 0.25) is 0 Å². The second-order valence-corrected chi connectivity index (χ2v) is 3.81. The number of benzene rings is 1. The maximum absolute atomic E-state index is 11.0. The molecule has 17 heavy (non-hydrogen) atoms. The molecule has 92 valence electrons. The molecule has 0 heterocycles. The van der Waals surface area contributed by atoms with E-state index >= 15 is 0 Å². The molecule has 0 saturated heterocycles. The van der Waals surface area contributed by atoms with Gasteiger partial charge in [-0.1, -0.05) is 11.6 Å². The van der Waals surface area contributed by atoms with Crippen molar-refractivity contribution in [2.75, 3.05) is 13.2 Å². The zero-order chi connectivity index (χ0) is 12.7. The Morgan fingerprint density at radius 2 is 2.24 bits per heavy atom. The van der Waals surface area contributed by atoms with E-state index in [-0.39, 0.29) is 5.97 Å². The second kappa shape index (κ2) is 6.97. The summed E-state index contributed by atoms with van der Waals surface area (Å²) in [6, 6.07) is 5.39. The van der Waals surface area contributed by atoms with Gasteiger partial charge in [0, 0.05) is 11.1 Å². The van der Waals surface area contributed by atoms with Gasteiger partial charge < -0.3 is 9.47 Å². The Kier molecular flexibility index (Phi) is 5.57. The number of halogens is 1. The molecule has 0 amide bonds. The van der Waals surface area contributed by atoms with Crippen molar-refractivity contribution < 1.29 is 14.3 Å². The van der Waals surface area contributed by atoms with E-state index in [4.69, 9.17) is 21.1 Å². The van der Waals surface area contributed by atoms with Crippen molar-refractivity contribution in [3.8, 4) is 5.75 Å². The van der Waals surface area contributed by atoms with E-state index in [0.29, 0.717) is 18.2 Å². The molecular formula is C13H15ClO3. The van der Waals surface area contributed by atoms with Gasteiger partial charge in [-0.2, -0.15) is 0 Å². The van der Waals surface area contributed by atoms with Crippen molar-refractivity contribution in [3.63, 3.8) is 0 Å². The molecule has 0 atom stereocenters. The number of hydrogen-bond acceptors (Lipinski definition) is 3. The molecular weight excluding hydrogens is 240 g/mol. The lowest BCUT2D eigenvalue weighted by atomic mass is 10.2. The number of hydrogen-bond donors (Lipinski definition) is 0. The highest BCUT2D eigenvalue weighted by molar-refractivity contribution is 6.30. The Bertz CT molecular complexity index is 413. The van der Waals surface area contributed by atoms with E-state index in [0.717, 1.165) is 11.3 Å². The first kappa shape index (κ1) is 13.6. The number of aryl methyl sites for hydroxylation is 1. The summed E-state index contributed by atoms with van der Waals surface area (Å²) in [5, 5.41) is 0.678. The van der Waals surface area contributed by atoms with Gasteiger partial charge in [0.05, 0.1) is 6.61 Å². The predicted molar refractivity (Wildman–Crippen MR) is 67.5 cm³/mol. The summed E-state index contributed by atoms with van der Waals surface area (Å²) in [5.74, 6) is 0.395. The largest absolute Gasteiger partial charge is 0.489 e. The third-order valence-corrected chi connectivity index (χ3v) is 2.25. The molecule has 4 heteroatoms. The van der Waals surface area contributed by atoms with E-state index in [2.05, 4.69) is 0 Å². The van der Waals surface area contributed by atoms with Gasteiger partial charge in [-0.25, -0.2) is 4.79 Å². The van der Waals surface area contributed by atoms with Crippen LogP contribution in [0.4, 0.5) is 0 Å². The summed E-state index contributed by atoms with van der Waals surface area (Å²) in [6.07, 6.45) is 2.97. The number of carbonyl (C=O) groups is 1. The van der Waals surface area contributed by atoms with Crippen LogP contribution in [0, 0.1) is 6.92 Å². The molecule has 0 aliphatic rings. The van der Waals surface area contributed by atoms with Gasteiger partial charge in [0.15, 0.2) is 0 Å². The molecule has 1 rings (SSSR count). The maximum Gasteiger partial charge on any atom is 0.330 e. The van der Waals surface area contributed by atoms with Gasteiger partial charge in [0.25, 0.3) is 0 Å². The van der Waals surface area contributed by atoms with E-state index < -0.39 is 0 Å². The summed E-state index contributed by atoms with van der Waals surface area (Å²) >= 11 is 5.82. The topological polar surface area (TPSA) is 35.5 Å².